The summed E-state index contributed by atoms with van der Waals surface area (Å²) in [5.41, 5.74) is 0.244. The van der Waals surface area contributed by atoms with Crippen molar-refractivity contribution in [3.8, 4) is 0 Å². The summed E-state index contributed by atoms with van der Waals surface area (Å²) in [6, 6.07) is 9.42. The number of nitrogens with zero attached hydrogens (tertiary/aromatic N) is 1. The normalized spacial score (nSPS) is 28.4. The molecule has 25 heavy (non-hydrogen) atoms. The molecule has 1 N–H and O–H groups in total. The molecule has 0 aromatic heterocycles. The van der Waals surface area contributed by atoms with Gasteiger partial charge < -0.3 is 14.6 Å². The Bertz CT molecular complexity index is 575. The molecule has 2 heterocycles. The molecular weight excluding hydrogens is 318 g/mol. The minimum Gasteiger partial charge on any atom is -0.445 e. The van der Waals surface area contributed by atoms with Crippen LogP contribution in [0.2, 0.25) is 0 Å². The van der Waals surface area contributed by atoms with Gasteiger partial charge in [-0.3, -0.25) is 4.90 Å². The Morgan fingerprint density at radius 2 is 2.00 bits per heavy atom. The first-order valence-electron chi connectivity index (χ1n) is 9.01. The van der Waals surface area contributed by atoms with Gasteiger partial charge in [-0.1, -0.05) is 36.4 Å². The number of aliphatic hydroxyl groups is 1. The second-order valence-electron chi connectivity index (χ2n) is 7.11. The molecule has 2 atom stereocenters. The van der Waals surface area contributed by atoms with Crippen LogP contribution in [-0.4, -0.2) is 47.0 Å². The fraction of sp³-hybridized carbons (Fsp3) is 0.550. The number of rotatable bonds is 6. The third kappa shape index (κ3) is 4.41. The number of hydrogen-bond donors (Lipinski definition) is 1. The van der Waals surface area contributed by atoms with E-state index in [4.69, 9.17) is 9.47 Å². The van der Waals surface area contributed by atoms with Crippen LogP contribution in [0.5, 0.6) is 0 Å². The molecule has 2 fully saturated rings. The SMILES string of the molecule is C=CCCCC1(O)CC2COCC(C1)N2C(=O)OCc1ccccc1. The van der Waals surface area contributed by atoms with E-state index in [1.165, 1.54) is 0 Å². The number of unbranched alkanes of at least 4 members (excludes halogenated alkanes) is 1. The van der Waals surface area contributed by atoms with Crippen LogP contribution in [0, 0.1) is 0 Å². The zero-order valence-corrected chi connectivity index (χ0v) is 14.6. The fourth-order valence-electron chi connectivity index (χ4n) is 3.95. The minimum absolute atomic E-state index is 0.121. The second-order valence-corrected chi connectivity index (χ2v) is 7.11. The lowest BCUT2D eigenvalue weighted by molar-refractivity contribution is -0.136. The van der Waals surface area contributed by atoms with Crippen molar-refractivity contribution in [2.45, 2.75) is 56.4 Å². The molecule has 1 amide bonds. The van der Waals surface area contributed by atoms with E-state index in [9.17, 15) is 9.90 Å². The molecule has 2 aliphatic rings. The van der Waals surface area contributed by atoms with Gasteiger partial charge in [-0.25, -0.2) is 4.79 Å². The number of amides is 1. The highest BCUT2D eigenvalue weighted by molar-refractivity contribution is 5.69. The number of ether oxygens (including phenoxy) is 2. The number of hydrogen-bond acceptors (Lipinski definition) is 4. The number of fused-ring (bicyclic) bond motifs is 2. The van der Waals surface area contributed by atoms with Crippen molar-refractivity contribution in [2.75, 3.05) is 13.2 Å². The van der Waals surface area contributed by atoms with Gasteiger partial charge in [0.2, 0.25) is 0 Å². The zero-order chi connectivity index (χ0) is 17.7. The predicted octanol–water partition coefficient (Wildman–Crippen LogP) is 3.27. The monoisotopic (exact) mass is 345 g/mol. The summed E-state index contributed by atoms with van der Waals surface area (Å²) in [5, 5.41) is 10.9. The maximum Gasteiger partial charge on any atom is 0.410 e. The molecule has 2 bridgehead atoms. The van der Waals surface area contributed by atoms with Crippen LogP contribution in [0.15, 0.2) is 43.0 Å². The van der Waals surface area contributed by atoms with Gasteiger partial charge >= 0.3 is 6.09 Å². The summed E-state index contributed by atoms with van der Waals surface area (Å²) in [6.07, 6.45) is 5.20. The summed E-state index contributed by atoms with van der Waals surface area (Å²) in [4.78, 5) is 14.4. The third-order valence-electron chi connectivity index (χ3n) is 5.10. The lowest BCUT2D eigenvalue weighted by Gasteiger charge is -2.51. The van der Waals surface area contributed by atoms with E-state index in [-0.39, 0.29) is 24.8 Å². The molecule has 5 heteroatoms. The van der Waals surface area contributed by atoms with E-state index < -0.39 is 5.60 Å². The highest BCUT2D eigenvalue weighted by Gasteiger charge is 2.48. The average Bonchev–Trinajstić information content (AvgIpc) is 2.60. The van der Waals surface area contributed by atoms with Crippen molar-refractivity contribution in [3.05, 3.63) is 48.6 Å². The van der Waals surface area contributed by atoms with Crippen LogP contribution in [0.25, 0.3) is 0 Å². The van der Waals surface area contributed by atoms with Crippen molar-refractivity contribution in [1.29, 1.82) is 0 Å². The van der Waals surface area contributed by atoms with Crippen LogP contribution < -0.4 is 0 Å². The number of allylic oxidation sites excluding steroid dienone is 1. The van der Waals surface area contributed by atoms with Gasteiger partial charge in [-0.2, -0.15) is 0 Å². The summed E-state index contributed by atoms with van der Waals surface area (Å²) >= 11 is 0. The molecule has 3 rings (SSSR count). The highest BCUT2D eigenvalue weighted by Crippen LogP contribution is 2.37. The zero-order valence-electron chi connectivity index (χ0n) is 14.6. The highest BCUT2D eigenvalue weighted by atomic mass is 16.6. The molecule has 0 radical (unpaired) electrons. The average molecular weight is 345 g/mol. The van der Waals surface area contributed by atoms with E-state index in [1.54, 1.807) is 4.90 Å². The van der Waals surface area contributed by atoms with Crippen molar-refractivity contribution in [2.24, 2.45) is 0 Å². The molecule has 2 unspecified atom stereocenters. The van der Waals surface area contributed by atoms with E-state index in [1.807, 2.05) is 36.4 Å². The summed E-state index contributed by atoms with van der Waals surface area (Å²) in [7, 11) is 0. The fourth-order valence-corrected chi connectivity index (χ4v) is 3.95. The standard InChI is InChI=1S/C20H27NO4/c1-2-3-7-10-20(23)11-17-14-24-15-18(12-20)21(17)19(22)25-13-16-8-5-4-6-9-16/h2,4-6,8-9,17-18,23H,1,3,7,10-15H2. The molecule has 0 aliphatic carbocycles. The Morgan fingerprint density at radius 3 is 2.64 bits per heavy atom. The first kappa shape index (κ1) is 18.0. The number of carbonyl (C=O) groups excluding carboxylic acids is 1. The van der Waals surface area contributed by atoms with Crippen molar-refractivity contribution in [3.63, 3.8) is 0 Å². The van der Waals surface area contributed by atoms with Gasteiger partial charge in [0, 0.05) is 0 Å². The topological polar surface area (TPSA) is 59.0 Å². The third-order valence-corrected chi connectivity index (χ3v) is 5.10. The van der Waals surface area contributed by atoms with Crippen LogP contribution in [0.1, 0.15) is 37.7 Å². The minimum atomic E-state index is -0.724. The first-order chi connectivity index (χ1) is 12.1. The molecule has 136 valence electrons. The molecule has 2 aliphatic heterocycles. The molecule has 5 nitrogen and oxygen atoms in total. The Kier molecular flexibility index (Phi) is 5.76. The molecule has 2 saturated heterocycles. The second kappa shape index (κ2) is 8.02. The number of carbonyl (C=O) groups is 1. The lowest BCUT2D eigenvalue weighted by Crippen LogP contribution is -2.63. The Hall–Kier alpha value is -1.85. The maximum atomic E-state index is 12.6. The Morgan fingerprint density at radius 1 is 1.32 bits per heavy atom. The summed E-state index contributed by atoms with van der Waals surface area (Å²) in [6.45, 7) is 4.91. The lowest BCUT2D eigenvalue weighted by atomic mass is 9.78. The van der Waals surface area contributed by atoms with E-state index >= 15 is 0 Å². The van der Waals surface area contributed by atoms with Crippen LogP contribution in [-0.2, 0) is 16.1 Å². The quantitative estimate of drug-likeness (QED) is 0.635. The summed E-state index contributed by atoms with van der Waals surface area (Å²) < 4.78 is 11.1. The van der Waals surface area contributed by atoms with Crippen LogP contribution >= 0.6 is 0 Å². The Balaban J connectivity index is 1.60. The van der Waals surface area contributed by atoms with Gasteiger partial charge in [0.25, 0.3) is 0 Å². The maximum absolute atomic E-state index is 12.6. The number of benzene rings is 1. The van der Waals surface area contributed by atoms with Crippen molar-refractivity contribution in [1.82, 2.24) is 4.90 Å². The van der Waals surface area contributed by atoms with Crippen LogP contribution in [0.3, 0.4) is 0 Å². The molecule has 1 aromatic rings. The summed E-state index contributed by atoms with van der Waals surface area (Å²) in [5.74, 6) is 0. The molecular formula is C20H27NO4. The predicted molar refractivity (Wildman–Crippen MR) is 95.1 cm³/mol. The van der Waals surface area contributed by atoms with Gasteiger partial charge in [0.1, 0.15) is 6.61 Å². The van der Waals surface area contributed by atoms with Gasteiger partial charge in [-0.05, 0) is 37.7 Å². The van der Waals surface area contributed by atoms with Crippen LogP contribution in [0.4, 0.5) is 4.79 Å². The number of piperidine rings is 1. The number of morpholine rings is 1. The Labute approximate surface area is 149 Å². The largest absolute Gasteiger partial charge is 0.445 e. The van der Waals surface area contributed by atoms with E-state index in [2.05, 4.69) is 6.58 Å². The van der Waals surface area contributed by atoms with Gasteiger partial charge in [-0.15, -0.1) is 6.58 Å². The first-order valence-corrected chi connectivity index (χ1v) is 9.01. The van der Waals surface area contributed by atoms with E-state index in [0.29, 0.717) is 26.1 Å². The van der Waals surface area contributed by atoms with Gasteiger partial charge in [0.15, 0.2) is 0 Å². The molecule has 0 spiro atoms. The van der Waals surface area contributed by atoms with Crippen molar-refractivity contribution < 1.29 is 19.4 Å². The smallest absolute Gasteiger partial charge is 0.410 e. The van der Waals surface area contributed by atoms with E-state index in [0.717, 1.165) is 24.8 Å². The van der Waals surface area contributed by atoms with Gasteiger partial charge in [0.05, 0.1) is 30.9 Å². The molecule has 0 saturated carbocycles. The molecule has 1 aromatic carbocycles. The van der Waals surface area contributed by atoms with Crippen molar-refractivity contribution >= 4 is 6.09 Å².